The third-order valence-electron chi connectivity index (χ3n) is 4.04. The lowest BCUT2D eigenvalue weighted by atomic mass is 9.65. The van der Waals surface area contributed by atoms with Crippen LogP contribution in [0.25, 0.3) is 0 Å². The van der Waals surface area contributed by atoms with E-state index in [2.05, 4.69) is 46.9 Å². The van der Waals surface area contributed by atoms with Gasteiger partial charge < -0.3 is 5.32 Å². The van der Waals surface area contributed by atoms with Gasteiger partial charge in [-0.15, -0.1) is 0 Å². The van der Waals surface area contributed by atoms with Crippen molar-refractivity contribution in [3.63, 3.8) is 0 Å². The minimum atomic E-state index is -0.317. The molecule has 0 aliphatic carbocycles. The number of rotatable bonds is 2. The summed E-state index contributed by atoms with van der Waals surface area (Å²) in [5, 5.41) is 3.13. The summed E-state index contributed by atoms with van der Waals surface area (Å²) in [5.74, 6) is 0.123. The Labute approximate surface area is 101 Å². The van der Waals surface area contributed by atoms with Crippen LogP contribution in [0.2, 0.25) is 0 Å². The molecule has 2 nitrogen and oxygen atoms in total. The number of nitrogens with one attached hydrogen (secondary N) is 1. The van der Waals surface area contributed by atoms with Gasteiger partial charge in [-0.1, -0.05) is 55.4 Å². The average Bonchev–Trinajstić information content (AvgIpc) is 1.99. The molecule has 0 spiro atoms. The van der Waals surface area contributed by atoms with Crippen molar-refractivity contribution in [1.82, 2.24) is 5.32 Å². The molecule has 0 heterocycles. The van der Waals surface area contributed by atoms with Crippen LogP contribution in [0, 0.1) is 16.2 Å². The minimum absolute atomic E-state index is 0.0634. The van der Waals surface area contributed by atoms with Crippen LogP contribution in [0.5, 0.6) is 0 Å². The first-order valence-electron chi connectivity index (χ1n) is 6.11. The maximum atomic E-state index is 11.9. The van der Waals surface area contributed by atoms with Crippen molar-refractivity contribution in [1.29, 1.82) is 0 Å². The zero-order valence-corrected chi connectivity index (χ0v) is 12.5. The predicted octanol–water partition coefficient (Wildman–Crippen LogP) is 3.61. The monoisotopic (exact) mass is 227 g/mol. The molecule has 2 heteroatoms. The topological polar surface area (TPSA) is 29.1 Å². The van der Waals surface area contributed by atoms with Crippen molar-refractivity contribution in [2.75, 3.05) is 0 Å². The van der Waals surface area contributed by atoms with Gasteiger partial charge in [-0.2, -0.15) is 0 Å². The molecule has 0 saturated carbocycles. The molecule has 0 radical (unpaired) electrons. The van der Waals surface area contributed by atoms with Gasteiger partial charge >= 0.3 is 0 Å². The van der Waals surface area contributed by atoms with Crippen molar-refractivity contribution in [3.05, 3.63) is 0 Å². The molecular formula is C14H29NO. The maximum absolute atomic E-state index is 11.9. The Morgan fingerprint density at radius 2 is 1.31 bits per heavy atom. The lowest BCUT2D eigenvalue weighted by Crippen LogP contribution is -2.51. The first kappa shape index (κ1) is 15.5. The van der Waals surface area contributed by atoms with E-state index in [-0.39, 0.29) is 28.2 Å². The summed E-state index contributed by atoms with van der Waals surface area (Å²) in [5.41, 5.74) is -0.0896. The molecular weight excluding hydrogens is 198 g/mol. The fraction of sp³-hybridized carbons (Fsp3) is 0.929. The standard InChI is InChI=1S/C14H29NO/c1-10(14(8,9)13(5,6)7)15-11(16)12(2,3)4/h10H,1-9H3,(H,15,16). The Hall–Kier alpha value is -0.530. The molecule has 1 atom stereocenters. The van der Waals surface area contributed by atoms with E-state index in [9.17, 15) is 4.79 Å². The highest BCUT2D eigenvalue weighted by Gasteiger charge is 2.39. The molecule has 0 aromatic rings. The fourth-order valence-electron chi connectivity index (χ4n) is 1.24. The fourth-order valence-corrected chi connectivity index (χ4v) is 1.24. The van der Waals surface area contributed by atoms with E-state index in [1.165, 1.54) is 0 Å². The Morgan fingerprint density at radius 1 is 0.938 bits per heavy atom. The van der Waals surface area contributed by atoms with Gasteiger partial charge in [0.15, 0.2) is 0 Å². The molecule has 0 saturated heterocycles. The Morgan fingerprint density at radius 3 is 1.56 bits per heavy atom. The number of hydrogen-bond donors (Lipinski definition) is 1. The van der Waals surface area contributed by atoms with Crippen molar-refractivity contribution in [3.8, 4) is 0 Å². The molecule has 0 aromatic carbocycles. The second-order valence-electron chi connectivity index (χ2n) is 7.42. The second kappa shape index (κ2) is 4.38. The zero-order valence-electron chi connectivity index (χ0n) is 12.5. The highest BCUT2D eigenvalue weighted by molar-refractivity contribution is 5.81. The zero-order chi connectivity index (χ0) is 13.4. The van der Waals surface area contributed by atoms with E-state index in [1.54, 1.807) is 0 Å². The van der Waals surface area contributed by atoms with E-state index in [0.717, 1.165) is 0 Å². The van der Waals surface area contributed by atoms with Crippen molar-refractivity contribution < 1.29 is 4.79 Å². The normalized spacial score (nSPS) is 15.8. The molecule has 1 amide bonds. The summed E-state index contributed by atoms with van der Waals surface area (Å²) < 4.78 is 0. The van der Waals surface area contributed by atoms with Gasteiger partial charge in [-0.3, -0.25) is 4.79 Å². The molecule has 0 bridgehead atoms. The third kappa shape index (κ3) is 3.50. The van der Waals surface area contributed by atoms with Gasteiger partial charge in [-0.25, -0.2) is 0 Å². The van der Waals surface area contributed by atoms with Gasteiger partial charge in [0, 0.05) is 11.5 Å². The van der Waals surface area contributed by atoms with Crippen LogP contribution in [-0.4, -0.2) is 11.9 Å². The predicted molar refractivity (Wildman–Crippen MR) is 70.3 cm³/mol. The van der Waals surface area contributed by atoms with Crippen LogP contribution < -0.4 is 5.32 Å². The highest BCUT2D eigenvalue weighted by atomic mass is 16.2. The molecule has 1 unspecified atom stereocenters. The molecule has 0 aliphatic rings. The van der Waals surface area contributed by atoms with Gasteiger partial charge in [0.1, 0.15) is 0 Å². The first-order chi connectivity index (χ1) is 6.80. The van der Waals surface area contributed by atoms with Crippen molar-refractivity contribution in [2.24, 2.45) is 16.2 Å². The van der Waals surface area contributed by atoms with Crippen LogP contribution >= 0.6 is 0 Å². The van der Waals surface area contributed by atoms with E-state index in [0.29, 0.717) is 0 Å². The molecule has 0 aliphatic heterocycles. The van der Waals surface area contributed by atoms with Crippen molar-refractivity contribution >= 4 is 5.91 Å². The van der Waals surface area contributed by atoms with Crippen LogP contribution in [0.1, 0.15) is 62.3 Å². The second-order valence-corrected chi connectivity index (χ2v) is 7.42. The summed E-state index contributed by atoms with van der Waals surface area (Å²) >= 11 is 0. The van der Waals surface area contributed by atoms with Gasteiger partial charge in [-0.05, 0) is 17.8 Å². The highest BCUT2D eigenvalue weighted by Crippen LogP contribution is 2.40. The van der Waals surface area contributed by atoms with E-state index in [1.807, 2.05) is 20.8 Å². The quantitative estimate of drug-likeness (QED) is 0.767. The average molecular weight is 227 g/mol. The molecule has 0 aromatic heterocycles. The minimum Gasteiger partial charge on any atom is -0.353 e. The lowest BCUT2D eigenvalue weighted by molar-refractivity contribution is -0.130. The lowest BCUT2D eigenvalue weighted by Gasteiger charge is -2.44. The Kier molecular flexibility index (Phi) is 4.24. The van der Waals surface area contributed by atoms with Crippen LogP contribution in [-0.2, 0) is 4.79 Å². The SMILES string of the molecule is CC(NC(=O)C(C)(C)C)C(C)(C)C(C)(C)C. The van der Waals surface area contributed by atoms with Crippen LogP contribution in [0.15, 0.2) is 0 Å². The summed E-state index contributed by atoms with van der Waals surface area (Å²) in [6.07, 6.45) is 0. The maximum Gasteiger partial charge on any atom is 0.225 e. The van der Waals surface area contributed by atoms with Gasteiger partial charge in [0.05, 0.1) is 0 Å². The number of hydrogen-bond acceptors (Lipinski definition) is 1. The summed E-state index contributed by atoms with van der Waals surface area (Å²) in [7, 11) is 0. The Balaban J connectivity index is 4.73. The van der Waals surface area contributed by atoms with Crippen molar-refractivity contribution in [2.45, 2.75) is 68.4 Å². The first-order valence-corrected chi connectivity index (χ1v) is 6.11. The molecule has 0 fully saturated rings. The summed E-state index contributed by atoms with van der Waals surface area (Å²) in [4.78, 5) is 11.9. The largest absolute Gasteiger partial charge is 0.353 e. The van der Waals surface area contributed by atoms with E-state index in [4.69, 9.17) is 0 Å². The number of carbonyl (C=O) groups is 1. The van der Waals surface area contributed by atoms with Gasteiger partial charge in [0.2, 0.25) is 5.91 Å². The summed E-state index contributed by atoms with van der Waals surface area (Å²) in [6.45, 7) is 19.0. The van der Waals surface area contributed by atoms with Crippen LogP contribution in [0.4, 0.5) is 0 Å². The smallest absolute Gasteiger partial charge is 0.225 e. The Bertz CT molecular complexity index is 253. The van der Waals surface area contributed by atoms with E-state index >= 15 is 0 Å². The van der Waals surface area contributed by atoms with Crippen LogP contribution in [0.3, 0.4) is 0 Å². The third-order valence-corrected chi connectivity index (χ3v) is 4.04. The molecule has 16 heavy (non-hydrogen) atoms. The molecule has 0 rings (SSSR count). The number of amides is 1. The summed E-state index contributed by atoms with van der Waals surface area (Å²) in [6, 6.07) is 0.166. The molecule has 96 valence electrons. The number of carbonyl (C=O) groups excluding carboxylic acids is 1. The van der Waals surface area contributed by atoms with Gasteiger partial charge in [0.25, 0.3) is 0 Å². The van der Waals surface area contributed by atoms with E-state index < -0.39 is 0 Å². The molecule has 1 N–H and O–H groups in total.